The lowest BCUT2D eigenvalue weighted by atomic mass is 10.2. The predicted molar refractivity (Wildman–Crippen MR) is 125 cm³/mol. The molecule has 4 aromatic rings. The van der Waals surface area contributed by atoms with Crippen molar-refractivity contribution in [3.63, 3.8) is 0 Å². The van der Waals surface area contributed by atoms with Crippen molar-refractivity contribution >= 4 is 44.7 Å². The zero-order valence-electron chi connectivity index (χ0n) is 18.0. The van der Waals surface area contributed by atoms with Crippen LogP contribution in [0, 0.1) is 0 Å². The number of nitrogens with one attached hydrogen (secondary N) is 1. The standard InChI is InChI=1S/C22H20ClN5O4S/c1-22(2,3)32-21(29)27-20-25-17(12-18(23)26-20)15-11-14-9-10-28(19(14)24-13-15)33(30,31)16-7-5-4-6-8-16/h4-13H,1-3H3,(H,25,26,27,29). The van der Waals surface area contributed by atoms with E-state index in [1.54, 1.807) is 51.1 Å². The van der Waals surface area contributed by atoms with Gasteiger partial charge in [-0.15, -0.1) is 0 Å². The van der Waals surface area contributed by atoms with Gasteiger partial charge in [0.05, 0.1) is 10.6 Å². The molecule has 0 unspecified atom stereocenters. The Balaban J connectivity index is 1.68. The number of fused-ring (bicyclic) bond motifs is 1. The Labute approximate surface area is 195 Å². The van der Waals surface area contributed by atoms with E-state index in [4.69, 9.17) is 16.3 Å². The largest absolute Gasteiger partial charge is 0.444 e. The number of hydrogen-bond acceptors (Lipinski definition) is 7. The molecule has 0 saturated carbocycles. The molecule has 0 radical (unpaired) electrons. The Hall–Kier alpha value is -3.50. The van der Waals surface area contributed by atoms with Gasteiger partial charge in [-0.25, -0.2) is 32.1 Å². The fourth-order valence-corrected chi connectivity index (χ4v) is 4.57. The summed E-state index contributed by atoms with van der Waals surface area (Å²) in [6.45, 7) is 5.21. The maximum absolute atomic E-state index is 13.0. The Morgan fingerprint density at radius 3 is 2.52 bits per heavy atom. The summed E-state index contributed by atoms with van der Waals surface area (Å²) in [5.41, 5.74) is 0.547. The van der Waals surface area contributed by atoms with Crippen LogP contribution in [0.5, 0.6) is 0 Å². The maximum Gasteiger partial charge on any atom is 0.414 e. The number of anilines is 1. The summed E-state index contributed by atoms with van der Waals surface area (Å²) in [4.78, 5) is 24.9. The normalized spacial score (nSPS) is 12.0. The molecule has 33 heavy (non-hydrogen) atoms. The van der Waals surface area contributed by atoms with Crippen LogP contribution >= 0.6 is 11.6 Å². The molecule has 0 aliphatic rings. The topological polar surface area (TPSA) is 116 Å². The van der Waals surface area contributed by atoms with E-state index in [1.165, 1.54) is 30.6 Å². The molecule has 4 rings (SSSR count). The van der Waals surface area contributed by atoms with Crippen LogP contribution in [0.15, 0.2) is 65.8 Å². The average Bonchev–Trinajstić information content (AvgIpc) is 3.16. The van der Waals surface area contributed by atoms with Gasteiger partial charge in [0.2, 0.25) is 5.95 Å². The van der Waals surface area contributed by atoms with Gasteiger partial charge in [0.15, 0.2) is 5.65 Å². The number of carbonyl (C=O) groups is 1. The van der Waals surface area contributed by atoms with Gasteiger partial charge in [0.25, 0.3) is 10.0 Å². The van der Waals surface area contributed by atoms with Crippen molar-refractivity contribution in [2.75, 3.05) is 5.32 Å². The number of benzene rings is 1. The number of hydrogen-bond donors (Lipinski definition) is 1. The van der Waals surface area contributed by atoms with E-state index in [9.17, 15) is 13.2 Å². The number of rotatable bonds is 4. The summed E-state index contributed by atoms with van der Waals surface area (Å²) in [6.07, 6.45) is 2.22. The number of nitrogens with zero attached hydrogens (tertiary/aromatic N) is 4. The third kappa shape index (κ3) is 4.96. The van der Waals surface area contributed by atoms with Gasteiger partial charge in [-0.3, -0.25) is 5.32 Å². The van der Waals surface area contributed by atoms with Gasteiger partial charge >= 0.3 is 6.09 Å². The second kappa shape index (κ2) is 8.45. The van der Waals surface area contributed by atoms with Crippen molar-refractivity contribution in [1.82, 2.24) is 18.9 Å². The van der Waals surface area contributed by atoms with E-state index >= 15 is 0 Å². The SMILES string of the molecule is CC(C)(C)OC(=O)Nc1nc(Cl)cc(-c2cnc3c(ccn3S(=O)(=O)c3ccccc3)c2)n1. The molecule has 1 N–H and O–H groups in total. The number of aromatic nitrogens is 4. The van der Waals surface area contributed by atoms with Gasteiger partial charge in [-0.05, 0) is 45.0 Å². The molecule has 3 aromatic heterocycles. The van der Waals surface area contributed by atoms with Crippen LogP contribution in [-0.2, 0) is 14.8 Å². The lowest BCUT2D eigenvalue weighted by Crippen LogP contribution is -2.27. The van der Waals surface area contributed by atoms with Crippen LogP contribution in [0.2, 0.25) is 5.15 Å². The lowest BCUT2D eigenvalue weighted by Gasteiger charge is -2.19. The Morgan fingerprint density at radius 2 is 1.82 bits per heavy atom. The van der Waals surface area contributed by atoms with Crippen molar-refractivity contribution in [1.29, 1.82) is 0 Å². The lowest BCUT2D eigenvalue weighted by molar-refractivity contribution is 0.0634. The summed E-state index contributed by atoms with van der Waals surface area (Å²) >= 11 is 6.12. The summed E-state index contributed by atoms with van der Waals surface area (Å²) in [6, 6.07) is 13.0. The van der Waals surface area contributed by atoms with Gasteiger partial charge in [-0.1, -0.05) is 29.8 Å². The minimum absolute atomic E-state index is 0.0314. The molecule has 0 fully saturated rings. The van der Waals surface area contributed by atoms with Crippen LogP contribution in [-0.4, -0.2) is 39.0 Å². The molecule has 1 aromatic carbocycles. The Kier molecular flexibility index (Phi) is 5.81. The van der Waals surface area contributed by atoms with Crippen molar-refractivity contribution in [2.24, 2.45) is 0 Å². The van der Waals surface area contributed by atoms with Crippen molar-refractivity contribution in [2.45, 2.75) is 31.3 Å². The highest BCUT2D eigenvalue weighted by atomic mass is 35.5. The molecular weight excluding hydrogens is 466 g/mol. The molecule has 11 heteroatoms. The first-order valence-electron chi connectivity index (χ1n) is 9.86. The van der Waals surface area contributed by atoms with E-state index in [1.807, 2.05) is 0 Å². The molecule has 3 heterocycles. The van der Waals surface area contributed by atoms with Crippen LogP contribution in [0.4, 0.5) is 10.7 Å². The van der Waals surface area contributed by atoms with Crippen LogP contribution in [0.1, 0.15) is 20.8 Å². The second-order valence-electron chi connectivity index (χ2n) is 8.09. The van der Waals surface area contributed by atoms with Crippen LogP contribution in [0.25, 0.3) is 22.3 Å². The molecule has 0 saturated heterocycles. The molecule has 0 aliphatic carbocycles. The van der Waals surface area contributed by atoms with Crippen molar-refractivity contribution in [3.8, 4) is 11.3 Å². The zero-order valence-corrected chi connectivity index (χ0v) is 19.6. The summed E-state index contributed by atoms with van der Waals surface area (Å²) in [5, 5.41) is 3.15. The third-order valence-electron chi connectivity index (χ3n) is 4.40. The van der Waals surface area contributed by atoms with E-state index in [0.29, 0.717) is 16.6 Å². The van der Waals surface area contributed by atoms with Gasteiger partial charge in [0.1, 0.15) is 10.8 Å². The fourth-order valence-electron chi connectivity index (χ4n) is 3.06. The minimum atomic E-state index is -3.80. The van der Waals surface area contributed by atoms with E-state index < -0.39 is 21.7 Å². The highest BCUT2D eigenvalue weighted by Crippen LogP contribution is 2.27. The van der Waals surface area contributed by atoms with E-state index in [-0.39, 0.29) is 21.6 Å². The quantitative estimate of drug-likeness (QED) is 0.415. The second-order valence-corrected chi connectivity index (χ2v) is 10.3. The molecule has 0 atom stereocenters. The smallest absolute Gasteiger partial charge is 0.414 e. The fraction of sp³-hybridized carbons (Fsp3) is 0.182. The molecular formula is C22H20ClN5O4S. The van der Waals surface area contributed by atoms with Gasteiger partial charge < -0.3 is 4.74 Å². The summed E-state index contributed by atoms with van der Waals surface area (Å²) in [5.74, 6) is -0.0314. The number of halogens is 1. The number of ether oxygens (including phenoxy) is 1. The van der Waals surface area contributed by atoms with Gasteiger partial charge in [0, 0.05) is 29.4 Å². The summed E-state index contributed by atoms with van der Waals surface area (Å²) < 4.78 is 32.3. The van der Waals surface area contributed by atoms with E-state index in [0.717, 1.165) is 3.97 Å². The van der Waals surface area contributed by atoms with Gasteiger partial charge in [-0.2, -0.15) is 0 Å². The predicted octanol–water partition coefficient (Wildman–Crippen LogP) is 4.73. The Bertz CT molecular complexity index is 1450. The van der Waals surface area contributed by atoms with Crippen LogP contribution in [0.3, 0.4) is 0 Å². The molecule has 9 nitrogen and oxygen atoms in total. The molecule has 0 spiro atoms. The monoisotopic (exact) mass is 485 g/mol. The molecule has 0 bridgehead atoms. The zero-order chi connectivity index (χ0) is 23.8. The first-order valence-corrected chi connectivity index (χ1v) is 11.7. The third-order valence-corrected chi connectivity index (χ3v) is 6.27. The number of amides is 1. The molecule has 170 valence electrons. The average molecular weight is 486 g/mol. The minimum Gasteiger partial charge on any atom is -0.444 e. The first kappa shape index (κ1) is 22.7. The van der Waals surface area contributed by atoms with Crippen LogP contribution < -0.4 is 5.32 Å². The van der Waals surface area contributed by atoms with Crippen molar-refractivity contribution < 1.29 is 17.9 Å². The first-order chi connectivity index (χ1) is 15.5. The number of carbonyl (C=O) groups excluding carboxylic acids is 1. The highest BCUT2D eigenvalue weighted by Gasteiger charge is 2.20. The maximum atomic E-state index is 13.0. The van der Waals surface area contributed by atoms with E-state index in [2.05, 4.69) is 20.3 Å². The Morgan fingerprint density at radius 1 is 1.09 bits per heavy atom. The molecule has 1 amide bonds. The highest BCUT2D eigenvalue weighted by molar-refractivity contribution is 7.90. The van der Waals surface area contributed by atoms with Crippen molar-refractivity contribution in [3.05, 3.63) is 66.1 Å². The molecule has 0 aliphatic heterocycles. The summed E-state index contributed by atoms with van der Waals surface area (Å²) in [7, 11) is -3.80. The number of pyridine rings is 1.